The molecule has 76 valence electrons. The lowest BCUT2D eigenvalue weighted by atomic mass is 10.1. The Morgan fingerprint density at radius 2 is 1.87 bits per heavy atom. The minimum absolute atomic E-state index is 0.193. The molecular formula is C12H10O3. The summed E-state index contributed by atoms with van der Waals surface area (Å²) in [6.07, 6.45) is 1.39. The molecule has 1 aromatic carbocycles. The lowest BCUT2D eigenvalue weighted by Gasteiger charge is -1.99. The van der Waals surface area contributed by atoms with Crippen molar-refractivity contribution in [1.29, 1.82) is 0 Å². The largest absolute Gasteiger partial charge is 0.478 e. The predicted molar refractivity (Wildman–Crippen MR) is 55.8 cm³/mol. The molecule has 2 rings (SSSR count). The Hall–Kier alpha value is -2.03. The summed E-state index contributed by atoms with van der Waals surface area (Å²) in [6, 6.07) is 8.99. The van der Waals surface area contributed by atoms with Gasteiger partial charge in [-0.25, -0.2) is 4.79 Å². The van der Waals surface area contributed by atoms with Gasteiger partial charge in [-0.15, -0.1) is 0 Å². The van der Waals surface area contributed by atoms with Crippen LogP contribution in [-0.2, 0) is 0 Å². The summed E-state index contributed by atoms with van der Waals surface area (Å²) in [5.41, 5.74) is 2.10. The van der Waals surface area contributed by atoms with Crippen LogP contribution in [0.1, 0.15) is 15.9 Å². The molecular weight excluding hydrogens is 192 g/mol. The molecule has 0 amide bonds. The molecule has 0 unspecified atom stereocenters. The molecule has 0 spiro atoms. The average molecular weight is 202 g/mol. The lowest BCUT2D eigenvalue weighted by molar-refractivity contribution is 0.0697. The van der Waals surface area contributed by atoms with Gasteiger partial charge >= 0.3 is 5.97 Å². The molecule has 0 saturated carbocycles. The van der Waals surface area contributed by atoms with Crippen LogP contribution in [0.5, 0.6) is 0 Å². The maximum atomic E-state index is 10.9. The monoisotopic (exact) mass is 202 g/mol. The number of rotatable bonds is 2. The molecule has 3 heteroatoms. The second-order valence-corrected chi connectivity index (χ2v) is 3.33. The number of carboxylic acids is 1. The Morgan fingerprint density at radius 3 is 2.47 bits per heavy atom. The van der Waals surface area contributed by atoms with Gasteiger partial charge in [-0.3, -0.25) is 0 Å². The number of furan rings is 1. The van der Waals surface area contributed by atoms with E-state index in [1.54, 1.807) is 0 Å². The number of carboxylic acid groups (broad SMARTS) is 1. The molecule has 3 nitrogen and oxygen atoms in total. The third kappa shape index (κ3) is 1.76. The van der Waals surface area contributed by atoms with E-state index < -0.39 is 5.97 Å². The fourth-order valence-electron chi connectivity index (χ4n) is 1.41. The van der Waals surface area contributed by atoms with E-state index in [4.69, 9.17) is 9.52 Å². The molecule has 1 aromatic heterocycles. The normalized spacial score (nSPS) is 10.2. The first kappa shape index (κ1) is 9.52. The molecule has 2 aromatic rings. The van der Waals surface area contributed by atoms with Gasteiger partial charge in [0.15, 0.2) is 0 Å². The Bertz CT molecular complexity index is 480. The molecule has 0 saturated heterocycles. The van der Waals surface area contributed by atoms with Crippen molar-refractivity contribution >= 4 is 5.97 Å². The van der Waals surface area contributed by atoms with Crippen LogP contribution in [0.3, 0.4) is 0 Å². The quantitative estimate of drug-likeness (QED) is 0.814. The fourth-order valence-corrected chi connectivity index (χ4v) is 1.41. The summed E-state index contributed by atoms with van der Waals surface area (Å²) in [7, 11) is 0. The van der Waals surface area contributed by atoms with Gasteiger partial charge < -0.3 is 9.52 Å². The fraction of sp³-hybridized carbons (Fsp3) is 0.0833. The van der Waals surface area contributed by atoms with Crippen LogP contribution in [-0.4, -0.2) is 11.1 Å². The Labute approximate surface area is 87.0 Å². The van der Waals surface area contributed by atoms with Gasteiger partial charge in [-0.1, -0.05) is 29.8 Å². The molecule has 0 aliphatic heterocycles. The minimum Gasteiger partial charge on any atom is -0.478 e. The Balaban J connectivity index is 2.49. The van der Waals surface area contributed by atoms with Gasteiger partial charge in [0.25, 0.3) is 0 Å². The number of aryl methyl sites for hydroxylation is 1. The number of hydrogen-bond acceptors (Lipinski definition) is 2. The maximum absolute atomic E-state index is 10.9. The SMILES string of the molecule is Cc1ccc(-c2occc2C(=O)O)cc1. The van der Waals surface area contributed by atoms with Crippen molar-refractivity contribution in [3.05, 3.63) is 47.7 Å². The molecule has 0 fully saturated rings. The van der Waals surface area contributed by atoms with Crippen LogP contribution in [0.25, 0.3) is 11.3 Å². The van der Waals surface area contributed by atoms with Gasteiger partial charge in [0.1, 0.15) is 11.3 Å². The number of benzene rings is 1. The Kier molecular flexibility index (Phi) is 2.29. The summed E-state index contributed by atoms with van der Waals surface area (Å²) in [5.74, 6) is -0.568. The highest BCUT2D eigenvalue weighted by molar-refractivity contribution is 5.94. The summed E-state index contributed by atoms with van der Waals surface area (Å²) in [6.45, 7) is 1.98. The molecule has 0 aliphatic carbocycles. The zero-order chi connectivity index (χ0) is 10.8. The summed E-state index contributed by atoms with van der Waals surface area (Å²) in [4.78, 5) is 10.9. The van der Waals surface area contributed by atoms with Crippen molar-refractivity contribution in [3.63, 3.8) is 0 Å². The summed E-state index contributed by atoms with van der Waals surface area (Å²) < 4.78 is 5.17. The van der Waals surface area contributed by atoms with Gasteiger partial charge in [-0.05, 0) is 13.0 Å². The van der Waals surface area contributed by atoms with E-state index in [1.165, 1.54) is 12.3 Å². The first-order valence-electron chi connectivity index (χ1n) is 4.56. The lowest BCUT2D eigenvalue weighted by Crippen LogP contribution is -1.95. The minimum atomic E-state index is -0.973. The molecule has 0 radical (unpaired) electrons. The maximum Gasteiger partial charge on any atom is 0.339 e. The van der Waals surface area contributed by atoms with E-state index in [0.29, 0.717) is 5.76 Å². The smallest absolute Gasteiger partial charge is 0.339 e. The summed E-state index contributed by atoms with van der Waals surface area (Å²) in [5, 5.41) is 8.91. The highest BCUT2D eigenvalue weighted by Gasteiger charge is 2.14. The van der Waals surface area contributed by atoms with Gasteiger partial charge in [0, 0.05) is 5.56 Å². The Morgan fingerprint density at radius 1 is 1.20 bits per heavy atom. The van der Waals surface area contributed by atoms with Gasteiger partial charge in [-0.2, -0.15) is 0 Å². The van der Waals surface area contributed by atoms with E-state index in [9.17, 15) is 4.79 Å². The van der Waals surface area contributed by atoms with Crippen molar-refractivity contribution in [2.45, 2.75) is 6.92 Å². The van der Waals surface area contributed by atoms with Crippen LogP contribution in [0.15, 0.2) is 41.0 Å². The van der Waals surface area contributed by atoms with Crippen LogP contribution in [0, 0.1) is 6.92 Å². The number of carbonyl (C=O) groups is 1. The van der Waals surface area contributed by atoms with E-state index in [-0.39, 0.29) is 5.56 Å². The van der Waals surface area contributed by atoms with Crippen molar-refractivity contribution in [2.24, 2.45) is 0 Å². The van der Waals surface area contributed by atoms with E-state index >= 15 is 0 Å². The number of hydrogen-bond donors (Lipinski definition) is 1. The molecule has 1 N–H and O–H groups in total. The van der Waals surface area contributed by atoms with Gasteiger partial charge in [0.2, 0.25) is 0 Å². The molecule has 0 aliphatic rings. The molecule has 0 bridgehead atoms. The van der Waals surface area contributed by atoms with Crippen LogP contribution in [0.2, 0.25) is 0 Å². The van der Waals surface area contributed by atoms with E-state index in [0.717, 1.165) is 11.1 Å². The highest BCUT2D eigenvalue weighted by atomic mass is 16.4. The molecule has 0 atom stereocenters. The van der Waals surface area contributed by atoms with E-state index in [1.807, 2.05) is 31.2 Å². The van der Waals surface area contributed by atoms with Crippen LogP contribution < -0.4 is 0 Å². The highest BCUT2D eigenvalue weighted by Crippen LogP contribution is 2.24. The second-order valence-electron chi connectivity index (χ2n) is 3.33. The van der Waals surface area contributed by atoms with Crippen molar-refractivity contribution in [1.82, 2.24) is 0 Å². The van der Waals surface area contributed by atoms with Crippen LogP contribution >= 0.6 is 0 Å². The predicted octanol–water partition coefficient (Wildman–Crippen LogP) is 2.95. The van der Waals surface area contributed by atoms with E-state index in [2.05, 4.69) is 0 Å². The third-order valence-corrected chi connectivity index (χ3v) is 2.21. The molecule has 15 heavy (non-hydrogen) atoms. The first-order valence-corrected chi connectivity index (χ1v) is 4.56. The van der Waals surface area contributed by atoms with Crippen LogP contribution in [0.4, 0.5) is 0 Å². The average Bonchev–Trinajstić information content (AvgIpc) is 2.67. The zero-order valence-electron chi connectivity index (χ0n) is 8.23. The first-order chi connectivity index (χ1) is 7.18. The third-order valence-electron chi connectivity index (χ3n) is 2.21. The topological polar surface area (TPSA) is 50.4 Å². The summed E-state index contributed by atoms with van der Waals surface area (Å²) >= 11 is 0. The number of aromatic carboxylic acids is 1. The molecule has 1 heterocycles. The standard InChI is InChI=1S/C12H10O3/c1-8-2-4-9(5-3-8)11-10(12(13)14)6-7-15-11/h2-7H,1H3,(H,13,14). The second kappa shape index (κ2) is 3.61. The van der Waals surface area contributed by atoms with Gasteiger partial charge in [0.05, 0.1) is 6.26 Å². The van der Waals surface area contributed by atoms with Crippen molar-refractivity contribution in [2.75, 3.05) is 0 Å². The van der Waals surface area contributed by atoms with Crippen molar-refractivity contribution in [3.8, 4) is 11.3 Å². The zero-order valence-corrected chi connectivity index (χ0v) is 8.23. The van der Waals surface area contributed by atoms with Crippen molar-refractivity contribution < 1.29 is 14.3 Å².